The van der Waals surface area contributed by atoms with Gasteiger partial charge in [0.2, 0.25) is 11.8 Å². The molecule has 13 heavy (non-hydrogen) atoms. The van der Waals surface area contributed by atoms with E-state index in [-0.39, 0.29) is 11.8 Å². The highest BCUT2D eigenvalue weighted by atomic mass is 16.2. The van der Waals surface area contributed by atoms with Gasteiger partial charge in [-0.25, -0.2) is 0 Å². The molecule has 0 saturated carbocycles. The molecule has 4 nitrogen and oxygen atoms in total. The van der Waals surface area contributed by atoms with Crippen molar-refractivity contribution in [3.05, 3.63) is 25.3 Å². The SMILES string of the molecule is C=CC(=O)NCCCNC(=O)C=C. The molecular formula is C9H14N2O2. The fourth-order valence-corrected chi connectivity index (χ4v) is 0.656. The van der Waals surface area contributed by atoms with Crippen LogP contribution in [0, 0.1) is 0 Å². The van der Waals surface area contributed by atoms with Crippen molar-refractivity contribution in [2.75, 3.05) is 13.1 Å². The minimum absolute atomic E-state index is 0.199. The average Bonchev–Trinajstić information content (AvgIpc) is 2.16. The molecule has 2 N–H and O–H groups in total. The second-order valence-corrected chi connectivity index (χ2v) is 2.34. The van der Waals surface area contributed by atoms with Gasteiger partial charge in [0, 0.05) is 13.1 Å². The molecule has 0 fully saturated rings. The maximum absolute atomic E-state index is 10.6. The number of hydrogen-bond acceptors (Lipinski definition) is 2. The van der Waals surface area contributed by atoms with E-state index in [2.05, 4.69) is 23.8 Å². The third-order valence-corrected chi connectivity index (χ3v) is 1.32. The lowest BCUT2D eigenvalue weighted by molar-refractivity contribution is -0.116. The Labute approximate surface area is 77.7 Å². The van der Waals surface area contributed by atoms with E-state index in [0.29, 0.717) is 19.5 Å². The molecule has 0 aromatic heterocycles. The second-order valence-electron chi connectivity index (χ2n) is 2.34. The smallest absolute Gasteiger partial charge is 0.243 e. The van der Waals surface area contributed by atoms with Crippen LogP contribution in [-0.4, -0.2) is 24.9 Å². The zero-order chi connectivity index (χ0) is 10.1. The number of hydrogen-bond donors (Lipinski definition) is 2. The summed E-state index contributed by atoms with van der Waals surface area (Å²) in [4.78, 5) is 21.3. The van der Waals surface area contributed by atoms with Crippen molar-refractivity contribution in [3.8, 4) is 0 Å². The molecule has 0 saturated heterocycles. The van der Waals surface area contributed by atoms with Gasteiger partial charge in [0.05, 0.1) is 0 Å². The number of nitrogens with one attached hydrogen (secondary N) is 2. The molecule has 4 heteroatoms. The largest absolute Gasteiger partial charge is 0.353 e. The Bertz CT molecular complexity index is 190. The number of carbonyl (C=O) groups is 2. The molecule has 0 aromatic rings. The lowest BCUT2D eigenvalue weighted by Gasteiger charge is -2.02. The molecule has 0 aliphatic heterocycles. The summed E-state index contributed by atoms with van der Waals surface area (Å²) in [6.45, 7) is 7.67. The lowest BCUT2D eigenvalue weighted by atomic mass is 10.4. The summed E-state index contributed by atoms with van der Waals surface area (Å²) in [7, 11) is 0. The minimum atomic E-state index is -0.199. The molecule has 0 radical (unpaired) electrons. The molecule has 72 valence electrons. The van der Waals surface area contributed by atoms with Crippen LogP contribution in [0.1, 0.15) is 6.42 Å². The van der Waals surface area contributed by atoms with Gasteiger partial charge >= 0.3 is 0 Å². The van der Waals surface area contributed by atoms with Crippen molar-refractivity contribution in [1.82, 2.24) is 10.6 Å². The Morgan fingerprint density at radius 1 is 1.00 bits per heavy atom. The molecular weight excluding hydrogens is 168 g/mol. The van der Waals surface area contributed by atoms with Crippen molar-refractivity contribution >= 4 is 11.8 Å². The number of amides is 2. The summed E-state index contributed by atoms with van der Waals surface area (Å²) in [6, 6.07) is 0. The van der Waals surface area contributed by atoms with Crippen molar-refractivity contribution < 1.29 is 9.59 Å². The van der Waals surface area contributed by atoms with Gasteiger partial charge in [0.25, 0.3) is 0 Å². The molecule has 0 unspecified atom stereocenters. The first-order chi connectivity index (χ1) is 6.20. The predicted octanol–water partition coefficient (Wildman–Crippen LogP) is -0.0191. The van der Waals surface area contributed by atoms with E-state index >= 15 is 0 Å². The Morgan fingerprint density at radius 3 is 1.69 bits per heavy atom. The summed E-state index contributed by atoms with van der Waals surface area (Å²) in [6.07, 6.45) is 3.11. The van der Waals surface area contributed by atoms with Crippen LogP contribution in [0.3, 0.4) is 0 Å². The number of rotatable bonds is 6. The van der Waals surface area contributed by atoms with Crippen LogP contribution in [0.2, 0.25) is 0 Å². The van der Waals surface area contributed by atoms with Crippen LogP contribution < -0.4 is 10.6 Å². The summed E-state index contributed by atoms with van der Waals surface area (Å²) in [5.74, 6) is -0.398. The van der Waals surface area contributed by atoms with Crippen LogP contribution in [0.15, 0.2) is 25.3 Å². The van der Waals surface area contributed by atoms with Crippen molar-refractivity contribution in [2.24, 2.45) is 0 Å². The zero-order valence-electron chi connectivity index (χ0n) is 7.51. The van der Waals surface area contributed by atoms with E-state index in [9.17, 15) is 9.59 Å². The standard InChI is InChI=1S/C9H14N2O2/c1-3-8(12)10-6-5-7-11-9(13)4-2/h3-4H,1-2,5-7H2,(H,10,12)(H,11,13). The van der Waals surface area contributed by atoms with Gasteiger partial charge < -0.3 is 10.6 Å². The van der Waals surface area contributed by atoms with Crippen LogP contribution >= 0.6 is 0 Å². The predicted molar refractivity (Wildman–Crippen MR) is 51.0 cm³/mol. The summed E-state index contributed by atoms with van der Waals surface area (Å²) >= 11 is 0. The molecule has 0 spiro atoms. The fourth-order valence-electron chi connectivity index (χ4n) is 0.656. The van der Waals surface area contributed by atoms with Gasteiger partial charge in [-0.2, -0.15) is 0 Å². The quantitative estimate of drug-likeness (QED) is 0.448. The minimum Gasteiger partial charge on any atom is -0.353 e. The highest BCUT2D eigenvalue weighted by Crippen LogP contribution is 1.75. The summed E-state index contributed by atoms with van der Waals surface area (Å²) in [5.41, 5.74) is 0. The molecule has 0 aliphatic carbocycles. The Hall–Kier alpha value is -1.58. The van der Waals surface area contributed by atoms with E-state index in [1.54, 1.807) is 0 Å². The Morgan fingerprint density at radius 2 is 1.38 bits per heavy atom. The first-order valence-corrected chi connectivity index (χ1v) is 4.01. The highest BCUT2D eigenvalue weighted by Gasteiger charge is 1.94. The lowest BCUT2D eigenvalue weighted by Crippen LogP contribution is -2.27. The monoisotopic (exact) mass is 182 g/mol. The van der Waals surface area contributed by atoms with E-state index in [1.165, 1.54) is 12.2 Å². The average molecular weight is 182 g/mol. The summed E-state index contributed by atoms with van der Waals surface area (Å²) < 4.78 is 0. The van der Waals surface area contributed by atoms with Crippen molar-refractivity contribution in [1.29, 1.82) is 0 Å². The number of carbonyl (C=O) groups excluding carboxylic acids is 2. The van der Waals surface area contributed by atoms with Gasteiger partial charge in [0.1, 0.15) is 0 Å². The van der Waals surface area contributed by atoms with Crippen molar-refractivity contribution in [2.45, 2.75) is 6.42 Å². The Kier molecular flexibility index (Phi) is 6.23. The van der Waals surface area contributed by atoms with Gasteiger partial charge in [-0.05, 0) is 18.6 Å². The second kappa shape index (κ2) is 7.09. The van der Waals surface area contributed by atoms with Gasteiger partial charge in [-0.1, -0.05) is 13.2 Å². The topological polar surface area (TPSA) is 58.2 Å². The molecule has 0 atom stereocenters. The molecule has 0 aliphatic rings. The van der Waals surface area contributed by atoms with Crippen LogP contribution in [0.4, 0.5) is 0 Å². The first kappa shape index (κ1) is 11.4. The third-order valence-electron chi connectivity index (χ3n) is 1.32. The maximum Gasteiger partial charge on any atom is 0.243 e. The van der Waals surface area contributed by atoms with Crippen molar-refractivity contribution in [3.63, 3.8) is 0 Å². The van der Waals surface area contributed by atoms with E-state index in [0.717, 1.165) is 0 Å². The molecule has 2 amide bonds. The fraction of sp³-hybridized carbons (Fsp3) is 0.333. The maximum atomic E-state index is 10.6. The van der Waals surface area contributed by atoms with E-state index in [1.807, 2.05) is 0 Å². The first-order valence-electron chi connectivity index (χ1n) is 4.01. The summed E-state index contributed by atoms with van der Waals surface area (Å²) in [5, 5.41) is 5.18. The normalized spacial score (nSPS) is 8.62. The third kappa shape index (κ3) is 6.80. The molecule has 0 heterocycles. The van der Waals surface area contributed by atoms with Crippen LogP contribution in [0.5, 0.6) is 0 Å². The highest BCUT2D eigenvalue weighted by molar-refractivity contribution is 5.87. The molecule has 0 bridgehead atoms. The molecule has 0 aromatic carbocycles. The van der Waals surface area contributed by atoms with Crippen LogP contribution in [0.25, 0.3) is 0 Å². The van der Waals surface area contributed by atoms with Gasteiger partial charge in [0.15, 0.2) is 0 Å². The van der Waals surface area contributed by atoms with Gasteiger partial charge in [-0.3, -0.25) is 9.59 Å². The van der Waals surface area contributed by atoms with Gasteiger partial charge in [-0.15, -0.1) is 0 Å². The zero-order valence-corrected chi connectivity index (χ0v) is 7.51. The van der Waals surface area contributed by atoms with E-state index < -0.39 is 0 Å². The van der Waals surface area contributed by atoms with E-state index in [4.69, 9.17) is 0 Å². The van der Waals surface area contributed by atoms with Crippen LogP contribution in [-0.2, 0) is 9.59 Å². The Balaban J connectivity index is 3.26. The molecule has 0 rings (SSSR count).